The number of benzene rings is 2. The lowest BCUT2D eigenvalue weighted by Crippen LogP contribution is -2.46. The highest BCUT2D eigenvalue weighted by molar-refractivity contribution is 5.96. The number of hydrogen-bond donors (Lipinski definition) is 1. The predicted molar refractivity (Wildman–Crippen MR) is 113 cm³/mol. The monoisotopic (exact) mass is 442 g/mol. The first-order valence-corrected chi connectivity index (χ1v) is 10.4. The van der Waals surface area contributed by atoms with Gasteiger partial charge in [0.15, 0.2) is 5.82 Å². The lowest BCUT2D eigenvalue weighted by Gasteiger charge is -2.29. The molecule has 0 bridgehead atoms. The summed E-state index contributed by atoms with van der Waals surface area (Å²) in [4.78, 5) is 15.3. The standard InChI is InChI=1S/C22H24F2N6O2/c1-14(13-29-5-7-32-8-6-29)25-22(31)17-9-16(20-4-3-18(23)12-21(20)24)10-19(11-17)30-15(2)26-27-28-30/h3-4,9-12,14H,5-8,13H2,1-2H3,(H,25,31)/t14-/m1/s1. The van der Waals surface area contributed by atoms with E-state index in [-0.39, 0.29) is 17.5 Å². The van der Waals surface area contributed by atoms with Gasteiger partial charge in [0.1, 0.15) is 11.6 Å². The first-order chi connectivity index (χ1) is 15.4. The molecule has 1 fully saturated rings. The second-order valence-corrected chi connectivity index (χ2v) is 7.82. The zero-order valence-corrected chi connectivity index (χ0v) is 17.9. The molecule has 1 amide bonds. The number of carbonyl (C=O) groups excluding carboxylic acids is 1. The van der Waals surface area contributed by atoms with Gasteiger partial charge >= 0.3 is 0 Å². The fourth-order valence-corrected chi connectivity index (χ4v) is 3.74. The fourth-order valence-electron chi connectivity index (χ4n) is 3.74. The van der Waals surface area contributed by atoms with Crippen molar-refractivity contribution < 1.29 is 18.3 Å². The summed E-state index contributed by atoms with van der Waals surface area (Å²) < 4.78 is 34.7. The Kier molecular flexibility index (Phi) is 6.52. The van der Waals surface area contributed by atoms with Crippen LogP contribution in [0.5, 0.6) is 0 Å². The van der Waals surface area contributed by atoms with E-state index in [0.717, 1.165) is 19.2 Å². The van der Waals surface area contributed by atoms with Crippen LogP contribution in [-0.4, -0.2) is 69.9 Å². The van der Waals surface area contributed by atoms with Crippen molar-refractivity contribution in [1.82, 2.24) is 30.4 Å². The van der Waals surface area contributed by atoms with E-state index in [1.165, 1.54) is 16.8 Å². The zero-order chi connectivity index (χ0) is 22.7. The minimum atomic E-state index is -0.720. The lowest BCUT2D eigenvalue weighted by atomic mass is 10.0. The van der Waals surface area contributed by atoms with E-state index in [4.69, 9.17) is 4.74 Å². The Bertz CT molecular complexity index is 1110. The number of halogens is 2. The number of aromatic nitrogens is 4. The van der Waals surface area contributed by atoms with Gasteiger partial charge in [-0.1, -0.05) is 0 Å². The van der Waals surface area contributed by atoms with Crippen molar-refractivity contribution in [3.63, 3.8) is 0 Å². The average Bonchev–Trinajstić information content (AvgIpc) is 3.20. The molecule has 2 heterocycles. The molecule has 1 aromatic heterocycles. The van der Waals surface area contributed by atoms with Gasteiger partial charge in [0.25, 0.3) is 5.91 Å². The molecule has 0 spiro atoms. The molecule has 1 aliphatic rings. The molecule has 0 saturated carbocycles. The molecule has 0 radical (unpaired) electrons. The molecule has 0 unspecified atom stereocenters. The van der Waals surface area contributed by atoms with Gasteiger partial charge in [-0.05, 0) is 60.2 Å². The second kappa shape index (κ2) is 9.49. The molecule has 32 heavy (non-hydrogen) atoms. The molecule has 4 rings (SSSR count). The summed E-state index contributed by atoms with van der Waals surface area (Å²) in [6.45, 7) is 7.35. The van der Waals surface area contributed by atoms with Crippen molar-refractivity contribution in [2.24, 2.45) is 0 Å². The van der Waals surface area contributed by atoms with Gasteiger partial charge in [-0.15, -0.1) is 5.10 Å². The smallest absolute Gasteiger partial charge is 0.251 e. The summed E-state index contributed by atoms with van der Waals surface area (Å²) in [6.07, 6.45) is 0. The molecule has 0 aliphatic carbocycles. The summed E-state index contributed by atoms with van der Waals surface area (Å²) >= 11 is 0. The van der Waals surface area contributed by atoms with E-state index in [1.807, 2.05) is 6.92 Å². The maximum atomic E-state index is 14.5. The van der Waals surface area contributed by atoms with Gasteiger partial charge in [-0.25, -0.2) is 8.78 Å². The summed E-state index contributed by atoms with van der Waals surface area (Å²) in [6, 6.07) is 8.12. The van der Waals surface area contributed by atoms with Gasteiger partial charge in [0.2, 0.25) is 0 Å². The lowest BCUT2D eigenvalue weighted by molar-refractivity contribution is 0.0342. The first-order valence-electron chi connectivity index (χ1n) is 10.4. The Morgan fingerprint density at radius 1 is 1.19 bits per heavy atom. The summed E-state index contributed by atoms with van der Waals surface area (Å²) in [5.41, 5.74) is 1.42. The maximum Gasteiger partial charge on any atom is 0.251 e. The molecule has 1 saturated heterocycles. The Balaban J connectivity index is 1.64. The Morgan fingerprint density at radius 3 is 2.66 bits per heavy atom. The Hall–Kier alpha value is -3.24. The molecule has 1 atom stereocenters. The van der Waals surface area contributed by atoms with E-state index in [2.05, 4.69) is 25.7 Å². The zero-order valence-electron chi connectivity index (χ0n) is 17.9. The van der Waals surface area contributed by atoms with Crippen LogP contribution >= 0.6 is 0 Å². The third kappa shape index (κ3) is 4.97. The van der Waals surface area contributed by atoms with Gasteiger partial charge < -0.3 is 10.1 Å². The third-order valence-corrected chi connectivity index (χ3v) is 5.31. The van der Waals surface area contributed by atoms with E-state index >= 15 is 0 Å². The quantitative estimate of drug-likeness (QED) is 0.631. The predicted octanol–water partition coefficient (Wildman–Crippen LogP) is 2.37. The van der Waals surface area contributed by atoms with Crippen LogP contribution < -0.4 is 5.32 Å². The van der Waals surface area contributed by atoms with Crippen LogP contribution in [0.3, 0.4) is 0 Å². The largest absolute Gasteiger partial charge is 0.379 e. The summed E-state index contributed by atoms with van der Waals surface area (Å²) in [5.74, 6) is -1.19. The number of nitrogens with one attached hydrogen (secondary N) is 1. The summed E-state index contributed by atoms with van der Waals surface area (Å²) in [7, 11) is 0. The van der Waals surface area contributed by atoms with E-state index in [1.54, 1.807) is 25.1 Å². The van der Waals surface area contributed by atoms with Crippen LogP contribution in [0.25, 0.3) is 16.8 Å². The minimum absolute atomic E-state index is 0.106. The van der Waals surface area contributed by atoms with Crippen molar-refractivity contribution >= 4 is 5.91 Å². The molecule has 8 nitrogen and oxygen atoms in total. The molecule has 1 N–H and O–H groups in total. The number of ether oxygens (including phenoxy) is 1. The van der Waals surface area contributed by atoms with Crippen LogP contribution in [0.2, 0.25) is 0 Å². The van der Waals surface area contributed by atoms with Crippen LogP contribution in [0.4, 0.5) is 8.78 Å². The Morgan fingerprint density at radius 2 is 1.97 bits per heavy atom. The van der Waals surface area contributed by atoms with Crippen molar-refractivity contribution in [1.29, 1.82) is 0 Å². The van der Waals surface area contributed by atoms with Crippen LogP contribution in [0.1, 0.15) is 23.1 Å². The van der Waals surface area contributed by atoms with Gasteiger partial charge in [0.05, 0.1) is 18.9 Å². The van der Waals surface area contributed by atoms with Crippen LogP contribution in [0.15, 0.2) is 36.4 Å². The number of aryl methyl sites for hydroxylation is 1. The van der Waals surface area contributed by atoms with Gasteiger partial charge in [-0.2, -0.15) is 4.68 Å². The van der Waals surface area contributed by atoms with Gasteiger partial charge in [-0.3, -0.25) is 9.69 Å². The molecule has 3 aromatic rings. The average molecular weight is 442 g/mol. The highest BCUT2D eigenvalue weighted by Gasteiger charge is 2.19. The third-order valence-electron chi connectivity index (χ3n) is 5.31. The fraction of sp³-hybridized carbons (Fsp3) is 0.364. The molecule has 168 valence electrons. The molecule has 1 aliphatic heterocycles. The van der Waals surface area contributed by atoms with Gasteiger partial charge in [0, 0.05) is 42.9 Å². The molecule has 2 aromatic carbocycles. The number of rotatable bonds is 6. The first kappa shape index (κ1) is 22.0. The maximum absolute atomic E-state index is 14.5. The van der Waals surface area contributed by atoms with Crippen molar-refractivity contribution in [2.75, 3.05) is 32.8 Å². The molecule has 10 heteroatoms. The van der Waals surface area contributed by atoms with Crippen molar-refractivity contribution in [3.8, 4) is 16.8 Å². The van der Waals surface area contributed by atoms with Crippen LogP contribution in [0, 0.1) is 18.6 Å². The van der Waals surface area contributed by atoms with E-state index < -0.39 is 11.6 Å². The minimum Gasteiger partial charge on any atom is -0.379 e. The highest BCUT2D eigenvalue weighted by Crippen LogP contribution is 2.27. The topological polar surface area (TPSA) is 85.2 Å². The number of hydrogen-bond acceptors (Lipinski definition) is 6. The number of carbonyl (C=O) groups is 1. The van der Waals surface area contributed by atoms with E-state index in [9.17, 15) is 13.6 Å². The number of nitrogens with zero attached hydrogens (tertiary/aromatic N) is 5. The SMILES string of the molecule is Cc1nnnn1-c1cc(C(=O)N[C@H](C)CN2CCOCC2)cc(-c2ccc(F)cc2F)c1. The highest BCUT2D eigenvalue weighted by atomic mass is 19.1. The van der Waals surface area contributed by atoms with Crippen LogP contribution in [-0.2, 0) is 4.74 Å². The molecular weight excluding hydrogens is 418 g/mol. The molecular formula is C22H24F2N6O2. The summed E-state index contributed by atoms with van der Waals surface area (Å²) in [5, 5.41) is 14.5. The normalized spacial score (nSPS) is 15.5. The number of tetrazole rings is 1. The Labute approximate surface area is 184 Å². The number of morpholine rings is 1. The second-order valence-electron chi connectivity index (χ2n) is 7.82. The number of amides is 1. The van der Waals surface area contributed by atoms with Crippen molar-refractivity contribution in [3.05, 3.63) is 59.4 Å². The van der Waals surface area contributed by atoms with Crippen molar-refractivity contribution in [2.45, 2.75) is 19.9 Å². The van der Waals surface area contributed by atoms with E-state index in [0.29, 0.717) is 42.4 Å².